The van der Waals surface area contributed by atoms with Gasteiger partial charge in [0.2, 0.25) is 0 Å². The molecule has 1 fully saturated rings. The normalized spacial score (nSPS) is 14.6. The SMILES string of the molecule is Cc1nc(N[C@@H](C)c2cc3cc(Cl)c(OCC4CC4)cc3[nH]c2=O)sc1C#N. The van der Waals surface area contributed by atoms with Crippen molar-refractivity contribution in [2.75, 3.05) is 11.9 Å². The molecule has 6 nitrogen and oxygen atoms in total. The van der Waals surface area contributed by atoms with Crippen molar-refractivity contribution in [3.63, 3.8) is 0 Å². The lowest BCUT2D eigenvalue weighted by molar-refractivity contribution is 0.300. The monoisotopic (exact) mass is 414 g/mol. The van der Waals surface area contributed by atoms with E-state index in [2.05, 4.69) is 21.4 Å². The molecule has 1 saturated carbocycles. The number of ether oxygens (including phenoxy) is 1. The van der Waals surface area contributed by atoms with E-state index in [0.29, 0.717) is 50.1 Å². The van der Waals surface area contributed by atoms with Crippen molar-refractivity contribution in [3.05, 3.63) is 49.7 Å². The summed E-state index contributed by atoms with van der Waals surface area (Å²) in [5, 5.41) is 14.3. The van der Waals surface area contributed by atoms with E-state index >= 15 is 0 Å². The van der Waals surface area contributed by atoms with Gasteiger partial charge in [-0.15, -0.1) is 0 Å². The van der Waals surface area contributed by atoms with Crippen molar-refractivity contribution in [1.29, 1.82) is 5.26 Å². The van der Waals surface area contributed by atoms with Crippen LogP contribution in [0.25, 0.3) is 10.9 Å². The van der Waals surface area contributed by atoms with Gasteiger partial charge in [0.1, 0.15) is 16.7 Å². The molecule has 0 bridgehead atoms. The number of pyridine rings is 1. The van der Waals surface area contributed by atoms with Gasteiger partial charge in [-0.3, -0.25) is 4.79 Å². The van der Waals surface area contributed by atoms with Gasteiger partial charge in [-0.1, -0.05) is 22.9 Å². The number of aromatic nitrogens is 2. The van der Waals surface area contributed by atoms with Crippen LogP contribution in [0.2, 0.25) is 5.02 Å². The molecule has 4 rings (SSSR count). The second kappa shape index (κ2) is 7.46. The fourth-order valence-electron chi connectivity index (χ4n) is 2.97. The molecule has 0 spiro atoms. The number of nitrogens with one attached hydrogen (secondary N) is 2. The first-order valence-corrected chi connectivity index (χ1v) is 10.3. The zero-order chi connectivity index (χ0) is 19.8. The number of thiazole rings is 1. The number of rotatable bonds is 6. The molecule has 0 radical (unpaired) electrons. The number of anilines is 1. The van der Waals surface area contributed by atoms with E-state index in [1.54, 1.807) is 13.0 Å². The number of halogens is 1. The minimum Gasteiger partial charge on any atom is -0.492 e. The van der Waals surface area contributed by atoms with Crippen LogP contribution in [-0.4, -0.2) is 16.6 Å². The molecule has 1 aliphatic carbocycles. The Balaban J connectivity index is 1.61. The molecule has 0 saturated heterocycles. The molecule has 0 amide bonds. The van der Waals surface area contributed by atoms with E-state index < -0.39 is 0 Å². The Morgan fingerprint density at radius 1 is 1.46 bits per heavy atom. The first-order chi connectivity index (χ1) is 13.4. The van der Waals surface area contributed by atoms with Gasteiger partial charge in [-0.25, -0.2) is 4.98 Å². The van der Waals surface area contributed by atoms with E-state index in [0.717, 1.165) is 5.39 Å². The third-order valence-corrected chi connectivity index (χ3v) is 6.09. The molecular formula is C20H19ClN4O2S. The Kier molecular flexibility index (Phi) is 5.00. The molecule has 144 valence electrons. The van der Waals surface area contributed by atoms with Crippen molar-refractivity contribution < 1.29 is 4.74 Å². The average molecular weight is 415 g/mol. The van der Waals surface area contributed by atoms with E-state index in [1.807, 2.05) is 19.1 Å². The maximum absolute atomic E-state index is 12.6. The predicted molar refractivity (Wildman–Crippen MR) is 111 cm³/mol. The molecule has 1 atom stereocenters. The highest BCUT2D eigenvalue weighted by atomic mass is 35.5. The van der Waals surface area contributed by atoms with Gasteiger partial charge in [0.05, 0.1) is 28.9 Å². The summed E-state index contributed by atoms with van der Waals surface area (Å²) in [5.41, 5.74) is 1.76. The number of nitrogens with zero attached hydrogens (tertiary/aromatic N) is 2. The number of fused-ring (bicyclic) bond motifs is 1. The molecule has 8 heteroatoms. The fraction of sp³-hybridized carbons (Fsp3) is 0.350. The van der Waals surface area contributed by atoms with Crippen molar-refractivity contribution in [2.24, 2.45) is 5.92 Å². The van der Waals surface area contributed by atoms with Gasteiger partial charge in [0.25, 0.3) is 5.56 Å². The summed E-state index contributed by atoms with van der Waals surface area (Å²) in [7, 11) is 0. The van der Waals surface area contributed by atoms with Crippen LogP contribution in [0.5, 0.6) is 5.75 Å². The summed E-state index contributed by atoms with van der Waals surface area (Å²) in [4.78, 5) is 20.4. The molecule has 2 heterocycles. The van der Waals surface area contributed by atoms with Crippen LogP contribution in [0.15, 0.2) is 23.0 Å². The second-order valence-corrected chi connectivity index (χ2v) is 8.50. The third-order valence-electron chi connectivity index (χ3n) is 4.80. The highest BCUT2D eigenvalue weighted by molar-refractivity contribution is 7.16. The predicted octanol–water partition coefficient (Wildman–Crippen LogP) is 4.78. The summed E-state index contributed by atoms with van der Waals surface area (Å²) in [6.07, 6.45) is 2.40. The Morgan fingerprint density at radius 3 is 2.93 bits per heavy atom. The maximum atomic E-state index is 12.6. The van der Waals surface area contributed by atoms with Gasteiger partial charge >= 0.3 is 0 Å². The van der Waals surface area contributed by atoms with Crippen molar-refractivity contribution in [3.8, 4) is 11.8 Å². The number of H-pyrrole nitrogens is 1. The first kappa shape index (κ1) is 18.8. The summed E-state index contributed by atoms with van der Waals surface area (Å²) < 4.78 is 5.79. The number of benzene rings is 1. The van der Waals surface area contributed by atoms with E-state index in [9.17, 15) is 4.79 Å². The molecule has 3 aromatic rings. The summed E-state index contributed by atoms with van der Waals surface area (Å²) in [5.74, 6) is 1.22. The Morgan fingerprint density at radius 2 is 2.25 bits per heavy atom. The molecule has 2 N–H and O–H groups in total. The molecule has 1 aromatic carbocycles. The van der Waals surface area contributed by atoms with Crippen LogP contribution >= 0.6 is 22.9 Å². The number of hydrogen-bond donors (Lipinski definition) is 2. The van der Waals surface area contributed by atoms with Crippen LogP contribution in [-0.2, 0) is 0 Å². The maximum Gasteiger partial charge on any atom is 0.253 e. The van der Waals surface area contributed by atoms with Crippen LogP contribution in [0.3, 0.4) is 0 Å². The van der Waals surface area contributed by atoms with Crippen molar-refractivity contribution in [2.45, 2.75) is 32.7 Å². The Hall–Kier alpha value is -2.56. The summed E-state index contributed by atoms with van der Waals surface area (Å²) >= 11 is 7.65. The molecule has 1 aliphatic rings. The highest BCUT2D eigenvalue weighted by Crippen LogP contribution is 2.34. The zero-order valence-corrected chi connectivity index (χ0v) is 17.1. The summed E-state index contributed by atoms with van der Waals surface area (Å²) in [6, 6.07) is 7.26. The number of nitriles is 1. The molecule has 0 aliphatic heterocycles. The van der Waals surface area contributed by atoms with E-state index in [-0.39, 0.29) is 11.6 Å². The Bertz CT molecular complexity index is 1140. The standard InChI is InChI=1S/C20H19ClN4O2S/c1-10(23-20-24-11(2)18(8-22)28-20)14-5-13-6-15(21)17(27-9-12-3-4-12)7-16(13)25-19(14)26/h5-7,10,12H,3-4,9H2,1-2H3,(H,23,24)(H,25,26)/t10-/m0/s1. The Labute approximate surface area is 171 Å². The minimum atomic E-state index is -0.283. The summed E-state index contributed by atoms with van der Waals surface area (Å²) in [6.45, 7) is 4.33. The molecular weight excluding hydrogens is 396 g/mol. The van der Waals surface area contributed by atoms with E-state index in [4.69, 9.17) is 21.6 Å². The van der Waals surface area contributed by atoms with Crippen molar-refractivity contribution in [1.82, 2.24) is 9.97 Å². The minimum absolute atomic E-state index is 0.184. The quantitative estimate of drug-likeness (QED) is 0.605. The smallest absolute Gasteiger partial charge is 0.253 e. The largest absolute Gasteiger partial charge is 0.492 e. The van der Waals surface area contributed by atoms with E-state index in [1.165, 1.54) is 24.2 Å². The third kappa shape index (κ3) is 3.84. The van der Waals surface area contributed by atoms with Gasteiger partial charge < -0.3 is 15.0 Å². The first-order valence-electron chi connectivity index (χ1n) is 9.08. The molecule has 2 aromatic heterocycles. The molecule has 0 unspecified atom stereocenters. The topological polar surface area (TPSA) is 90.8 Å². The van der Waals surface area contributed by atoms with Gasteiger partial charge in [-0.05, 0) is 44.7 Å². The van der Waals surface area contributed by atoms with Crippen LogP contribution in [0, 0.1) is 24.2 Å². The van der Waals surface area contributed by atoms with Gasteiger partial charge in [0, 0.05) is 17.0 Å². The van der Waals surface area contributed by atoms with Gasteiger partial charge in [-0.2, -0.15) is 5.26 Å². The lowest BCUT2D eigenvalue weighted by Crippen LogP contribution is -2.19. The van der Waals surface area contributed by atoms with Crippen molar-refractivity contribution >= 4 is 39.0 Å². The van der Waals surface area contributed by atoms with Crippen LogP contribution < -0.4 is 15.6 Å². The highest BCUT2D eigenvalue weighted by Gasteiger charge is 2.22. The second-order valence-electron chi connectivity index (χ2n) is 7.09. The zero-order valence-electron chi connectivity index (χ0n) is 15.5. The average Bonchev–Trinajstić information content (AvgIpc) is 3.42. The van der Waals surface area contributed by atoms with Crippen LogP contribution in [0.4, 0.5) is 5.13 Å². The lowest BCUT2D eigenvalue weighted by atomic mass is 10.1. The number of aryl methyl sites for hydroxylation is 1. The number of hydrogen-bond acceptors (Lipinski definition) is 6. The van der Waals surface area contributed by atoms with Gasteiger partial charge in [0.15, 0.2) is 5.13 Å². The molecule has 28 heavy (non-hydrogen) atoms. The lowest BCUT2D eigenvalue weighted by Gasteiger charge is -2.14. The fourth-order valence-corrected chi connectivity index (χ4v) is 4.05. The van der Waals surface area contributed by atoms with Crippen LogP contribution in [0.1, 0.15) is 41.9 Å². The number of aromatic amines is 1.